The molecule has 78 valence electrons. The van der Waals surface area contributed by atoms with Gasteiger partial charge >= 0.3 is 0 Å². The summed E-state index contributed by atoms with van der Waals surface area (Å²) in [5.74, 6) is 0. The SMILES string of the molecule is Cl.FC1CCN(C2CCNC2)CC1. The number of alkyl halides is 1. The fraction of sp³-hybridized carbons (Fsp3) is 1.00. The molecule has 4 heteroatoms. The van der Waals surface area contributed by atoms with Crippen molar-refractivity contribution in [1.29, 1.82) is 0 Å². The number of halogens is 2. The third-order valence-electron chi connectivity index (χ3n) is 3.01. The van der Waals surface area contributed by atoms with E-state index in [-0.39, 0.29) is 12.4 Å². The minimum Gasteiger partial charge on any atom is -0.315 e. The maximum atomic E-state index is 12.8. The third kappa shape index (κ3) is 2.79. The fourth-order valence-corrected chi connectivity index (χ4v) is 2.18. The molecule has 2 heterocycles. The van der Waals surface area contributed by atoms with Crippen LogP contribution in [0.4, 0.5) is 4.39 Å². The average Bonchev–Trinajstić information content (AvgIpc) is 2.58. The zero-order chi connectivity index (χ0) is 8.39. The van der Waals surface area contributed by atoms with Crippen molar-refractivity contribution in [3.63, 3.8) is 0 Å². The lowest BCUT2D eigenvalue weighted by Gasteiger charge is -2.33. The molecule has 0 aromatic rings. The fourth-order valence-electron chi connectivity index (χ4n) is 2.18. The second-order valence-electron chi connectivity index (χ2n) is 3.86. The summed E-state index contributed by atoms with van der Waals surface area (Å²) < 4.78 is 12.8. The molecule has 2 saturated heterocycles. The molecule has 1 unspecified atom stereocenters. The second kappa shape index (κ2) is 5.13. The first kappa shape index (κ1) is 11.2. The molecule has 0 bridgehead atoms. The number of nitrogens with one attached hydrogen (secondary N) is 1. The first-order valence-corrected chi connectivity index (χ1v) is 4.95. The lowest BCUT2D eigenvalue weighted by Crippen LogP contribution is -2.42. The Balaban J connectivity index is 0.000000845. The molecule has 1 atom stereocenters. The summed E-state index contributed by atoms with van der Waals surface area (Å²) in [6, 6.07) is 0.692. The van der Waals surface area contributed by atoms with Crippen LogP contribution in [-0.2, 0) is 0 Å². The number of piperidine rings is 1. The molecule has 0 amide bonds. The smallest absolute Gasteiger partial charge is 0.103 e. The van der Waals surface area contributed by atoms with Gasteiger partial charge in [-0.15, -0.1) is 12.4 Å². The van der Waals surface area contributed by atoms with E-state index >= 15 is 0 Å². The van der Waals surface area contributed by atoms with Crippen LogP contribution < -0.4 is 5.32 Å². The molecule has 1 N–H and O–H groups in total. The highest BCUT2D eigenvalue weighted by Crippen LogP contribution is 2.18. The van der Waals surface area contributed by atoms with E-state index in [4.69, 9.17) is 0 Å². The molecule has 2 fully saturated rings. The summed E-state index contributed by atoms with van der Waals surface area (Å²) in [6.07, 6.45) is 2.21. The van der Waals surface area contributed by atoms with E-state index in [0.717, 1.165) is 39.0 Å². The monoisotopic (exact) mass is 208 g/mol. The zero-order valence-electron chi connectivity index (χ0n) is 7.84. The van der Waals surface area contributed by atoms with Crippen LogP contribution >= 0.6 is 12.4 Å². The molecule has 0 radical (unpaired) electrons. The Kier molecular flexibility index (Phi) is 4.42. The molecule has 0 saturated carbocycles. The van der Waals surface area contributed by atoms with Crippen LogP contribution in [0, 0.1) is 0 Å². The molecule has 0 aliphatic carbocycles. The highest BCUT2D eigenvalue weighted by Gasteiger charge is 2.26. The molecule has 13 heavy (non-hydrogen) atoms. The number of nitrogens with zero attached hydrogens (tertiary/aromatic N) is 1. The van der Waals surface area contributed by atoms with Crippen LogP contribution in [-0.4, -0.2) is 43.3 Å². The van der Waals surface area contributed by atoms with Gasteiger partial charge < -0.3 is 5.32 Å². The summed E-state index contributed by atoms with van der Waals surface area (Å²) in [5.41, 5.74) is 0. The van der Waals surface area contributed by atoms with Crippen molar-refractivity contribution in [3.05, 3.63) is 0 Å². The largest absolute Gasteiger partial charge is 0.315 e. The molecule has 2 rings (SSSR count). The molecule has 0 aromatic heterocycles. The van der Waals surface area contributed by atoms with E-state index in [1.807, 2.05) is 0 Å². The molecular weight excluding hydrogens is 191 g/mol. The molecular formula is C9H18ClFN2. The number of rotatable bonds is 1. The highest BCUT2D eigenvalue weighted by molar-refractivity contribution is 5.85. The van der Waals surface area contributed by atoms with Gasteiger partial charge in [-0.2, -0.15) is 0 Å². The summed E-state index contributed by atoms with van der Waals surface area (Å²) in [7, 11) is 0. The summed E-state index contributed by atoms with van der Waals surface area (Å²) >= 11 is 0. The summed E-state index contributed by atoms with van der Waals surface area (Å²) in [4.78, 5) is 2.44. The summed E-state index contributed by atoms with van der Waals surface area (Å²) in [6.45, 7) is 4.18. The maximum Gasteiger partial charge on any atom is 0.103 e. The quantitative estimate of drug-likeness (QED) is 0.697. The summed E-state index contributed by atoms with van der Waals surface area (Å²) in [5, 5.41) is 3.35. The van der Waals surface area contributed by atoms with Crippen molar-refractivity contribution in [2.24, 2.45) is 0 Å². The van der Waals surface area contributed by atoms with Crippen molar-refractivity contribution in [3.8, 4) is 0 Å². The zero-order valence-corrected chi connectivity index (χ0v) is 8.65. The van der Waals surface area contributed by atoms with Gasteiger partial charge in [-0.3, -0.25) is 4.90 Å². The Morgan fingerprint density at radius 1 is 1.15 bits per heavy atom. The highest BCUT2D eigenvalue weighted by atomic mass is 35.5. The van der Waals surface area contributed by atoms with Crippen molar-refractivity contribution in [2.75, 3.05) is 26.2 Å². The van der Waals surface area contributed by atoms with Crippen LogP contribution in [0.1, 0.15) is 19.3 Å². The molecule has 2 nitrogen and oxygen atoms in total. The number of hydrogen-bond acceptors (Lipinski definition) is 2. The Hall–Kier alpha value is 0.140. The molecule has 0 spiro atoms. The van der Waals surface area contributed by atoms with Crippen LogP contribution in [0.2, 0.25) is 0 Å². The van der Waals surface area contributed by atoms with Crippen LogP contribution in [0.15, 0.2) is 0 Å². The first-order valence-electron chi connectivity index (χ1n) is 4.95. The van der Waals surface area contributed by atoms with Crippen LogP contribution in [0.5, 0.6) is 0 Å². The van der Waals surface area contributed by atoms with E-state index in [1.165, 1.54) is 6.42 Å². The normalized spacial score (nSPS) is 31.6. The van der Waals surface area contributed by atoms with Crippen LogP contribution in [0.3, 0.4) is 0 Å². The van der Waals surface area contributed by atoms with Gasteiger partial charge in [0.15, 0.2) is 0 Å². The average molecular weight is 209 g/mol. The number of hydrogen-bond donors (Lipinski definition) is 1. The predicted octanol–water partition coefficient (Wildman–Crippen LogP) is 1.20. The van der Waals surface area contributed by atoms with E-state index < -0.39 is 6.17 Å². The van der Waals surface area contributed by atoms with Gasteiger partial charge in [-0.25, -0.2) is 4.39 Å². The first-order chi connectivity index (χ1) is 5.86. The van der Waals surface area contributed by atoms with Gasteiger partial charge in [-0.1, -0.05) is 0 Å². The van der Waals surface area contributed by atoms with E-state index in [2.05, 4.69) is 10.2 Å². The van der Waals surface area contributed by atoms with E-state index in [9.17, 15) is 4.39 Å². The Morgan fingerprint density at radius 3 is 2.38 bits per heavy atom. The van der Waals surface area contributed by atoms with E-state index in [1.54, 1.807) is 0 Å². The molecule has 0 aromatic carbocycles. The Bertz CT molecular complexity index is 143. The van der Waals surface area contributed by atoms with E-state index in [0.29, 0.717) is 6.04 Å². The van der Waals surface area contributed by atoms with Crippen molar-refractivity contribution >= 4 is 12.4 Å². The van der Waals surface area contributed by atoms with Crippen molar-refractivity contribution < 1.29 is 4.39 Å². The minimum absolute atomic E-state index is 0. The van der Waals surface area contributed by atoms with Crippen molar-refractivity contribution in [2.45, 2.75) is 31.5 Å². The van der Waals surface area contributed by atoms with Gasteiger partial charge in [0.25, 0.3) is 0 Å². The lowest BCUT2D eigenvalue weighted by atomic mass is 10.1. The third-order valence-corrected chi connectivity index (χ3v) is 3.01. The molecule has 2 aliphatic heterocycles. The predicted molar refractivity (Wildman–Crippen MR) is 54.2 cm³/mol. The topological polar surface area (TPSA) is 15.3 Å². The second-order valence-corrected chi connectivity index (χ2v) is 3.86. The maximum absolute atomic E-state index is 12.8. The van der Waals surface area contributed by atoms with Crippen molar-refractivity contribution in [1.82, 2.24) is 10.2 Å². The van der Waals surface area contributed by atoms with Gasteiger partial charge in [0, 0.05) is 25.7 Å². The Labute approximate surface area is 85.3 Å². The molecule has 2 aliphatic rings. The van der Waals surface area contributed by atoms with Gasteiger partial charge in [0.2, 0.25) is 0 Å². The lowest BCUT2D eigenvalue weighted by molar-refractivity contribution is 0.118. The standard InChI is InChI=1S/C9H17FN2.ClH/c10-8-2-5-12(6-3-8)9-1-4-11-7-9;/h8-9,11H,1-7H2;1H. The van der Waals surface area contributed by atoms with Crippen LogP contribution in [0.25, 0.3) is 0 Å². The number of likely N-dealkylation sites (tertiary alicyclic amines) is 1. The Morgan fingerprint density at radius 2 is 1.85 bits per heavy atom. The van der Waals surface area contributed by atoms with Gasteiger partial charge in [0.05, 0.1) is 0 Å². The van der Waals surface area contributed by atoms with Gasteiger partial charge in [0.1, 0.15) is 6.17 Å². The minimum atomic E-state index is -0.532. The van der Waals surface area contributed by atoms with Gasteiger partial charge in [-0.05, 0) is 25.8 Å².